The third-order valence-electron chi connectivity index (χ3n) is 2.96. The summed E-state index contributed by atoms with van der Waals surface area (Å²) in [5.41, 5.74) is -2.32. The average molecular weight is 269 g/mol. The molecule has 0 aliphatic heterocycles. The van der Waals surface area contributed by atoms with Gasteiger partial charge in [0.05, 0.1) is 12.6 Å². The zero-order chi connectivity index (χ0) is 14.0. The molecule has 0 amide bonds. The predicted octanol–water partition coefficient (Wildman–Crippen LogP) is 0.825. The maximum absolute atomic E-state index is 13.8. The highest BCUT2D eigenvalue weighted by Crippen LogP contribution is 2.29. The second-order valence-corrected chi connectivity index (χ2v) is 4.32. The average Bonchev–Trinajstić information content (AvgIpc) is 2.84. The van der Waals surface area contributed by atoms with Gasteiger partial charge in [-0.15, -0.1) is 0 Å². The summed E-state index contributed by atoms with van der Waals surface area (Å²) >= 11 is 0. The molecular weight excluding hydrogens is 256 g/mol. The Balaban J connectivity index is 2.46. The molecule has 1 heterocycles. The summed E-state index contributed by atoms with van der Waals surface area (Å²) in [6.07, 6.45) is 1.22. The molecule has 1 aromatic carbocycles. The van der Waals surface area contributed by atoms with Crippen molar-refractivity contribution in [3.05, 3.63) is 48.1 Å². The second kappa shape index (κ2) is 5.02. The summed E-state index contributed by atoms with van der Waals surface area (Å²) in [5, 5.41) is 24.0. The van der Waals surface area contributed by atoms with Gasteiger partial charge in [-0.05, 0) is 25.1 Å². The van der Waals surface area contributed by atoms with Crippen LogP contribution in [0.2, 0.25) is 0 Å². The van der Waals surface area contributed by atoms with E-state index in [0.29, 0.717) is 0 Å². The van der Waals surface area contributed by atoms with E-state index < -0.39 is 23.3 Å². The van der Waals surface area contributed by atoms with Crippen LogP contribution in [0, 0.1) is 11.6 Å². The lowest BCUT2D eigenvalue weighted by Gasteiger charge is -2.31. The minimum Gasteiger partial charge on any atom is -0.390 e. The molecule has 5 nitrogen and oxygen atoms in total. The van der Waals surface area contributed by atoms with E-state index >= 15 is 0 Å². The van der Waals surface area contributed by atoms with E-state index in [-0.39, 0.29) is 12.1 Å². The highest BCUT2D eigenvalue weighted by atomic mass is 19.1. The van der Waals surface area contributed by atoms with Gasteiger partial charge in [-0.1, -0.05) is 0 Å². The molecule has 0 saturated heterocycles. The van der Waals surface area contributed by atoms with Crippen molar-refractivity contribution < 1.29 is 19.0 Å². The van der Waals surface area contributed by atoms with Crippen LogP contribution in [0.15, 0.2) is 30.9 Å². The number of hydrogen-bond acceptors (Lipinski definition) is 4. The first-order chi connectivity index (χ1) is 8.93. The van der Waals surface area contributed by atoms with Gasteiger partial charge in [-0.25, -0.2) is 18.4 Å². The van der Waals surface area contributed by atoms with Crippen molar-refractivity contribution in [1.82, 2.24) is 14.8 Å². The fourth-order valence-corrected chi connectivity index (χ4v) is 1.83. The van der Waals surface area contributed by atoms with Gasteiger partial charge >= 0.3 is 0 Å². The van der Waals surface area contributed by atoms with E-state index in [1.807, 2.05) is 0 Å². The Morgan fingerprint density at radius 3 is 2.74 bits per heavy atom. The summed E-state index contributed by atoms with van der Waals surface area (Å²) < 4.78 is 28.2. The zero-order valence-corrected chi connectivity index (χ0v) is 10.2. The van der Waals surface area contributed by atoms with Crippen LogP contribution in [0.25, 0.3) is 0 Å². The Bertz CT molecular complexity index is 560. The first-order valence-electron chi connectivity index (χ1n) is 5.62. The Kier molecular flexibility index (Phi) is 3.59. The largest absolute Gasteiger partial charge is 0.390 e. The Hall–Kier alpha value is -1.86. The molecule has 2 N–H and O–H groups in total. The number of aliphatic hydroxyl groups excluding tert-OH is 1. The molecule has 0 saturated carbocycles. The maximum Gasteiger partial charge on any atom is 0.138 e. The second-order valence-electron chi connectivity index (χ2n) is 4.32. The van der Waals surface area contributed by atoms with Gasteiger partial charge in [-0.3, -0.25) is 0 Å². The van der Waals surface area contributed by atoms with Gasteiger partial charge in [0.2, 0.25) is 0 Å². The molecule has 2 atom stereocenters. The Morgan fingerprint density at radius 2 is 2.16 bits per heavy atom. The Morgan fingerprint density at radius 1 is 1.42 bits per heavy atom. The molecule has 1 aromatic heterocycles. The summed E-state index contributed by atoms with van der Waals surface area (Å²) in [5.74, 6) is -1.50. The molecule has 2 rings (SSSR count). The molecule has 7 heteroatoms. The van der Waals surface area contributed by atoms with Gasteiger partial charge in [0.1, 0.15) is 29.9 Å². The van der Waals surface area contributed by atoms with Gasteiger partial charge in [0, 0.05) is 5.56 Å². The molecule has 0 radical (unpaired) electrons. The molecule has 2 unspecified atom stereocenters. The molecule has 0 fully saturated rings. The highest BCUT2D eigenvalue weighted by Gasteiger charge is 2.38. The molecular formula is C12H13F2N3O2. The first-order valence-corrected chi connectivity index (χ1v) is 5.62. The smallest absolute Gasteiger partial charge is 0.138 e. The van der Waals surface area contributed by atoms with Crippen LogP contribution in [0.1, 0.15) is 12.5 Å². The quantitative estimate of drug-likeness (QED) is 0.862. The summed E-state index contributed by atoms with van der Waals surface area (Å²) in [6.45, 7) is 1.05. The first kappa shape index (κ1) is 13.6. The number of halogens is 2. The van der Waals surface area contributed by atoms with E-state index in [1.54, 1.807) is 0 Å². The van der Waals surface area contributed by atoms with Crippen LogP contribution >= 0.6 is 0 Å². The van der Waals surface area contributed by atoms with Crippen LogP contribution in [0.5, 0.6) is 0 Å². The number of aliphatic hydroxyl groups is 2. The lowest BCUT2D eigenvalue weighted by atomic mass is 9.88. The Labute approximate surface area is 108 Å². The molecule has 0 spiro atoms. The summed E-state index contributed by atoms with van der Waals surface area (Å²) in [7, 11) is 0. The minimum atomic E-state index is -2.00. The van der Waals surface area contributed by atoms with Crippen LogP contribution in [0.4, 0.5) is 8.78 Å². The highest BCUT2D eigenvalue weighted by molar-refractivity contribution is 5.26. The van der Waals surface area contributed by atoms with Crippen molar-refractivity contribution in [2.24, 2.45) is 0 Å². The fraction of sp³-hybridized carbons (Fsp3) is 0.333. The van der Waals surface area contributed by atoms with E-state index in [1.165, 1.54) is 24.3 Å². The van der Waals surface area contributed by atoms with Crippen molar-refractivity contribution in [3.8, 4) is 0 Å². The normalized spacial score (nSPS) is 16.1. The molecule has 2 aromatic rings. The third kappa shape index (κ3) is 2.61. The number of hydrogen-bond donors (Lipinski definition) is 2. The topological polar surface area (TPSA) is 71.2 Å². The standard InChI is InChI=1S/C12H13F2N3O2/c1-8(18)12(19,5-17-7-15-6-16-17)10-4-9(13)2-3-11(10)14/h2-4,6-8,18-19H,5H2,1H3. The molecule has 0 aliphatic rings. The van der Waals surface area contributed by atoms with Crippen molar-refractivity contribution >= 4 is 0 Å². The fourth-order valence-electron chi connectivity index (χ4n) is 1.83. The number of benzene rings is 1. The number of rotatable bonds is 4. The van der Waals surface area contributed by atoms with Crippen LogP contribution < -0.4 is 0 Å². The van der Waals surface area contributed by atoms with Gasteiger partial charge in [0.25, 0.3) is 0 Å². The molecule has 0 bridgehead atoms. The summed E-state index contributed by atoms with van der Waals surface area (Å²) in [4.78, 5) is 3.69. The molecule has 102 valence electrons. The van der Waals surface area contributed by atoms with Crippen molar-refractivity contribution in [2.75, 3.05) is 0 Å². The predicted molar refractivity (Wildman–Crippen MR) is 62.0 cm³/mol. The van der Waals surface area contributed by atoms with Gasteiger partial charge in [0.15, 0.2) is 0 Å². The van der Waals surface area contributed by atoms with Crippen LogP contribution in [-0.4, -0.2) is 31.1 Å². The third-order valence-corrected chi connectivity index (χ3v) is 2.96. The van der Waals surface area contributed by atoms with Crippen LogP contribution in [-0.2, 0) is 12.1 Å². The lowest BCUT2D eigenvalue weighted by Crippen LogP contribution is -2.42. The van der Waals surface area contributed by atoms with E-state index in [9.17, 15) is 19.0 Å². The minimum absolute atomic E-state index is 0.245. The van der Waals surface area contributed by atoms with Gasteiger partial charge < -0.3 is 10.2 Å². The van der Waals surface area contributed by atoms with E-state index in [4.69, 9.17) is 0 Å². The van der Waals surface area contributed by atoms with E-state index in [2.05, 4.69) is 10.1 Å². The monoisotopic (exact) mass is 269 g/mol. The van der Waals surface area contributed by atoms with Crippen molar-refractivity contribution in [3.63, 3.8) is 0 Å². The maximum atomic E-state index is 13.8. The zero-order valence-electron chi connectivity index (χ0n) is 10.2. The SMILES string of the molecule is CC(O)C(O)(Cn1cncn1)c1cc(F)ccc1F. The summed E-state index contributed by atoms with van der Waals surface area (Å²) in [6, 6.07) is 2.70. The number of aromatic nitrogens is 3. The van der Waals surface area contributed by atoms with Gasteiger partial charge in [-0.2, -0.15) is 5.10 Å². The lowest BCUT2D eigenvalue weighted by molar-refractivity contribution is -0.0875. The van der Waals surface area contributed by atoms with Crippen molar-refractivity contribution in [1.29, 1.82) is 0 Å². The molecule has 0 aliphatic carbocycles. The van der Waals surface area contributed by atoms with E-state index in [0.717, 1.165) is 18.2 Å². The van der Waals surface area contributed by atoms with Crippen LogP contribution in [0.3, 0.4) is 0 Å². The molecule has 19 heavy (non-hydrogen) atoms. The number of nitrogens with zero attached hydrogens (tertiary/aromatic N) is 3. The van der Waals surface area contributed by atoms with Crippen molar-refractivity contribution in [2.45, 2.75) is 25.2 Å².